The largest absolute Gasteiger partial charge is 0.383 e. The van der Waals surface area contributed by atoms with E-state index in [1.165, 1.54) is 0 Å². The van der Waals surface area contributed by atoms with Gasteiger partial charge in [-0.1, -0.05) is 0 Å². The summed E-state index contributed by atoms with van der Waals surface area (Å²) in [7, 11) is 0. The average Bonchev–Trinajstić information content (AvgIpc) is 2.70. The van der Waals surface area contributed by atoms with Crippen molar-refractivity contribution >= 4 is 5.82 Å². The number of ether oxygens (including phenoxy) is 1. The molecule has 1 fully saturated rings. The molecule has 4 nitrogen and oxygen atoms in total. The number of aryl methyl sites for hydroxylation is 1. The van der Waals surface area contributed by atoms with Gasteiger partial charge in [0, 0.05) is 31.0 Å². The molecule has 0 radical (unpaired) electrons. The molecule has 2 atom stereocenters. The van der Waals surface area contributed by atoms with Gasteiger partial charge in [0.1, 0.15) is 5.82 Å². The van der Waals surface area contributed by atoms with Crippen molar-refractivity contribution in [3.05, 3.63) is 23.4 Å². The number of aromatic nitrogens is 1. The Hall–Kier alpha value is -1.13. The molecule has 0 aliphatic carbocycles. The van der Waals surface area contributed by atoms with E-state index in [1.807, 2.05) is 13.0 Å². The molecule has 4 heteroatoms. The molecule has 1 aromatic heterocycles. The number of hydrogen-bond acceptors (Lipinski definition) is 4. The zero-order chi connectivity index (χ0) is 11.5. The van der Waals surface area contributed by atoms with Crippen LogP contribution in [0, 0.1) is 12.8 Å². The van der Waals surface area contributed by atoms with Crippen LogP contribution in [-0.2, 0) is 4.74 Å². The van der Waals surface area contributed by atoms with Crippen LogP contribution in [-0.4, -0.2) is 18.2 Å². The van der Waals surface area contributed by atoms with Crippen molar-refractivity contribution in [1.82, 2.24) is 4.98 Å². The summed E-state index contributed by atoms with van der Waals surface area (Å²) >= 11 is 0. The van der Waals surface area contributed by atoms with Gasteiger partial charge in [-0.3, -0.25) is 0 Å². The molecule has 1 saturated heterocycles. The van der Waals surface area contributed by atoms with Crippen molar-refractivity contribution in [3.63, 3.8) is 0 Å². The molecule has 0 bridgehead atoms. The zero-order valence-corrected chi connectivity index (χ0v) is 9.65. The van der Waals surface area contributed by atoms with Crippen LogP contribution in [0.25, 0.3) is 0 Å². The molecular formula is C12H19N3O. The molecule has 2 rings (SSSR count). The summed E-state index contributed by atoms with van der Waals surface area (Å²) in [6, 6.07) is 1.93. The monoisotopic (exact) mass is 221 g/mol. The first kappa shape index (κ1) is 11.4. The number of rotatable bonds is 3. The molecule has 88 valence electrons. The Morgan fingerprint density at radius 1 is 1.62 bits per heavy atom. The van der Waals surface area contributed by atoms with Crippen molar-refractivity contribution in [2.45, 2.75) is 25.8 Å². The Kier molecular flexibility index (Phi) is 3.41. The van der Waals surface area contributed by atoms with E-state index in [4.69, 9.17) is 16.2 Å². The predicted molar refractivity (Wildman–Crippen MR) is 63.9 cm³/mol. The van der Waals surface area contributed by atoms with Crippen LogP contribution in [0.4, 0.5) is 5.82 Å². The highest BCUT2D eigenvalue weighted by Crippen LogP contribution is 2.28. The first-order chi connectivity index (χ1) is 7.68. The van der Waals surface area contributed by atoms with Crippen LogP contribution < -0.4 is 11.5 Å². The third-order valence-electron chi connectivity index (χ3n) is 3.22. The lowest BCUT2D eigenvalue weighted by atomic mass is 9.93. The Morgan fingerprint density at radius 3 is 3.06 bits per heavy atom. The highest BCUT2D eigenvalue weighted by atomic mass is 16.5. The summed E-state index contributed by atoms with van der Waals surface area (Å²) in [6.45, 7) is 3.71. The number of pyridine rings is 1. The topological polar surface area (TPSA) is 74.2 Å². The van der Waals surface area contributed by atoms with Crippen LogP contribution in [0.5, 0.6) is 0 Å². The normalized spacial score (nSPS) is 22.2. The van der Waals surface area contributed by atoms with Gasteiger partial charge in [-0.2, -0.15) is 0 Å². The highest BCUT2D eigenvalue weighted by Gasteiger charge is 2.21. The molecule has 0 spiro atoms. The van der Waals surface area contributed by atoms with Crippen molar-refractivity contribution in [2.24, 2.45) is 11.7 Å². The Labute approximate surface area is 96.0 Å². The van der Waals surface area contributed by atoms with Gasteiger partial charge in [0.25, 0.3) is 0 Å². The second kappa shape index (κ2) is 4.80. The minimum Gasteiger partial charge on any atom is -0.383 e. The maximum absolute atomic E-state index is 6.20. The summed E-state index contributed by atoms with van der Waals surface area (Å²) in [6.07, 6.45) is 3.75. The van der Waals surface area contributed by atoms with Crippen LogP contribution >= 0.6 is 0 Å². The maximum atomic E-state index is 6.20. The van der Waals surface area contributed by atoms with E-state index in [0.29, 0.717) is 11.7 Å². The van der Waals surface area contributed by atoms with Crippen LogP contribution in [0.2, 0.25) is 0 Å². The van der Waals surface area contributed by atoms with Crippen molar-refractivity contribution in [2.75, 3.05) is 18.9 Å². The zero-order valence-electron chi connectivity index (χ0n) is 9.65. The highest BCUT2D eigenvalue weighted by molar-refractivity contribution is 5.45. The maximum Gasteiger partial charge on any atom is 0.128 e. The molecule has 4 N–H and O–H groups in total. The minimum atomic E-state index is -0.0274. The van der Waals surface area contributed by atoms with E-state index < -0.39 is 0 Å². The lowest BCUT2D eigenvalue weighted by Gasteiger charge is -2.18. The third kappa shape index (κ3) is 2.33. The van der Waals surface area contributed by atoms with E-state index >= 15 is 0 Å². The Bertz CT molecular complexity index is 341. The fourth-order valence-electron chi connectivity index (χ4n) is 2.32. The number of nitrogens with zero attached hydrogens (tertiary/aromatic N) is 1. The minimum absolute atomic E-state index is 0.0274. The average molecular weight is 221 g/mol. The van der Waals surface area contributed by atoms with Gasteiger partial charge in [-0.25, -0.2) is 4.98 Å². The first-order valence-electron chi connectivity index (χ1n) is 5.72. The summed E-state index contributed by atoms with van der Waals surface area (Å²) in [4.78, 5) is 4.10. The number of nitrogen functional groups attached to an aromatic ring is 1. The van der Waals surface area contributed by atoms with E-state index in [0.717, 1.165) is 37.2 Å². The smallest absolute Gasteiger partial charge is 0.128 e. The Balaban J connectivity index is 2.10. The number of hydrogen-bond donors (Lipinski definition) is 2. The molecule has 1 aliphatic rings. The van der Waals surface area contributed by atoms with E-state index in [1.54, 1.807) is 6.20 Å². The molecule has 2 unspecified atom stereocenters. The molecule has 1 aliphatic heterocycles. The molecule has 2 heterocycles. The number of nitrogens with two attached hydrogens (primary N) is 2. The second-order valence-corrected chi connectivity index (χ2v) is 4.50. The lowest BCUT2D eigenvalue weighted by Crippen LogP contribution is -2.18. The fraction of sp³-hybridized carbons (Fsp3) is 0.583. The molecular weight excluding hydrogens is 202 g/mol. The van der Waals surface area contributed by atoms with Gasteiger partial charge >= 0.3 is 0 Å². The van der Waals surface area contributed by atoms with Gasteiger partial charge in [-0.05, 0) is 37.3 Å². The van der Waals surface area contributed by atoms with Crippen molar-refractivity contribution in [3.8, 4) is 0 Å². The predicted octanol–water partition coefficient (Wildman–Crippen LogP) is 1.40. The Morgan fingerprint density at radius 2 is 2.44 bits per heavy atom. The quantitative estimate of drug-likeness (QED) is 0.809. The molecule has 0 amide bonds. The van der Waals surface area contributed by atoms with Gasteiger partial charge in [-0.15, -0.1) is 0 Å². The first-order valence-corrected chi connectivity index (χ1v) is 5.72. The van der Waals surface area contributed by atoms with Gasteiger partial charge in [0.05, 0.1) is 0 Å². The van der Waals surface area contributed by atoms with E-state index in [9.17, 15) is 0 Å². The van der Waals surface area contributed by atoms with Gasteiger partial charge in [0.2, 0.25) is 0 Å². The van der Waals surface area contributed by atoms with Crippen LogP contribution in [0.1, 0.15) is 30.0 Å². The number of anilines is 1. The standard InChI is InChI=1S/C12H19N3O/c1-8-2-4-15-12(14)11(8)10(13)6-9-3-5-16-7-9/h2,4,9-10H,3,5-7,13H2,1H3,(H2,14,15). The molecule has 0 saturated carbocycles. The van der Waals surface area contributed by atoms with Crippen LogP contribution in [0.15, 0.2) is 12.3 Å². The fourth-order valence-corrected chi connectivity index (χ4v) is 2.32. The summed E-state index contributed by atoms with van der Waals surface area (Å²) in [5, 5.41) is 0. The van der Waals surface area contributed by atoms with E-state index in [2.05, 4.69) is 4.98 Å². The van der Waals surface area contributed by atoms with Crippen molar-refractivity contribution < 1.29 is 4.74 Å². The molecule has 1 aromatic rings. The second-order valence-electron chi connectivity index (χ2n) is 4.50. The van der Waals surface area contributed by atoms with Gasteiger partial charge < -0.3 is 16.2 Å². The summed E-state index contributed by atoms with van der Waals surface area (Å²) < 4.78 is 5.35. The SMILES string of the molecule is Cc1ccnc(N)c1C(N)CC1CCOC1. The van der Waals surface area contributed by atoms with Crippen LogP contribution in [0.3, 0.4) is 0 Å². The summed E-state index contributed by atoms with van der Waals surface area (Å²) in [5.41, 5.74) is 14.2. The summed E-state index contributed by atoms with van der Waals surface area (Å²) in [5.74, 6) is 1.13. The van der Waals surface area contributed by atoms with Crippen molar-refractivity contribution in [1.29, 1.82) is 0 Å². The van der Waals surface area contributed by atoms with Gasteiger partial charge in [0.15, 0.2) is 0 Å². The molecule has 0 aromatic carbocycles. The molecule has 16 heavy (non-hydrogen) atoms. The van der Waals surface area contributed by atoms with E-state index in [-0.39, 0.29) is 6.04 Å². The lowest BCUT2D eigenvalue weighted by molar-refractivity contribution is 0.182. The third-order valence-corrected chi connectivity index (χ3v) is 3.22.